The third-order valence-corrected chi connectivity index (χ3v) is 3.40. The molecule has 1 aromatic carbocycles. The Bertz CT molecular complexity index is 407. The molecular formula is C15H20N2O. The molecule has 1 unspecified atom stereocenters. The van der Waals surface area contributed by atoms with E-state index in [1.165, 1.54) is 25.9 Å². The van der Waals surface area contributed by atoms with Gasteiger partial charge in [-0.2, -0.15) is 5.26 Å². The lowest BCUT2D eigenvalue weighted by molar-refractivity contribution is 0.153. The summed E-state index contributed by atoms with van der Waals surface area (Å²) in [7, 11) is 0. The van der Waals surface area contributed by atoms with Crippen LogP contribution in [0, 0.1) is 17.2 Å². The molecule has 0 aromatic heterocycles. The quantitative estimate of drug-likeness (QED) is 0.817. The highest BCUT2D eigenvalue weighted by Crippen LogP contribution is 2.15. The molecule has 3 nitrogen and oxygen atoms in total. The molecule has 1 aromatic rings. The van der Waals surface area contributed by atoms with E-state index < -0.39 is 0 Å². The van der Waals surface area contributed by atoms with E-state index in [2.05, 4.69) is 17.9 Å². The summed E-state index contributed by atoms with van der Waals surface area (Å²) in [6, 6.07) is 9.40. The van der Waals surface area contributed by atoms with Crippen molar-refractivity contribution in [3.63, 3.8) is 0 Å². The number of nitriles is 1. The summed E-state index contributed by atoms with van der Waals surface area (Å²) in [4.78, 5) is 2.47. The van der Waals surface area contributed by atoms with Crippen LogP contribution in [0.1, 0.15) is 25.3 Å². The molecule has 1 saturated heterocycles. The van der Waals surface area contributed by atoms with Crippen LogP contribution in [-0.2, 0) is 0 Å². The fraction of sp³-hybridized carbons (Fsp3) is 0.533. The molecule has 0 amide bonds. The van der Waals surface area contributed by atoms with Gasteiger partial charge in [0.05, 0.1) is 11.6 Å². The Balaban J connectivity index is 1.72. The molecule has 96 valence electrons. The largest absolute Gasteiger partial charge is 0.492 e. The zero-order chi connectivity index (χ0) is 12.8. The maximum Gasteiger partial charge on any atom is 0.119 e. The molecule has 0 aliphatic carbocycles. The average Bonchev–Trinajstić information content (AvgIpc) is 2.40. The fourth-order valence-electron chi connectivity index (χ4n) is 2.41. The van der Waals surface area contributed by atoms with Crippen molar-refractivity contribution < 1.29 is 4.74 Å². The fourth-order valence-corrected chi connectivity index (χ4v) is 2.41. The second kappa shape index (κ2) is 6.42. The minimum atomic E-state index is 0.673. The smallest absolute Gasteiger partial charge is 0.119 e. The summed E-state index contributed by atoms with van der Waals surface area (Å²) in [6.45, 7) is 6.41. The van der Waals surface area contributed by atoms with Crippen LogP contribution >= 0.6 is 0 Å². The van der Waals surface area contributed by atoms with Crippen molar-refractivity contribution in [3.05, 3.63) is 29.8 Å². The third-order valence-electron chi connectivity index (χ3n) is 3.40. The zero-order valence-electron chi connectivity index (χ0n) is 10.9. The molecular weight excluding hydrogens is 224 g/mol. The topological polar surface area (TPSA) is 36.3 Å². The van der Waals surface area contributed by atoms with Crippen LogP contribution in [0.5, 0.6) is 5.75 Å². The molecule has 18 heavy (non-hydrogen) atoms. The Labute approximate surface area is 109 Å². The van der Waals surface area contributed by atoms with E-state index in [0.717, 1.165) is 24.8 Å². The number of ether oxygens (including phenoxy) is 1. The van der Waals surface area contributed by atoms with Crippen molar-refractivity contribution in [2.45, 2.75) is 19.8 Å². The van der Waals surface area contributed by atoms with Gasteiger partial charge < -0.3 is 4.74 Å². The summed E-state index contributed by atoms with van der Waals surface area (Å²) in [5.41, 5.74) is 0.673. The van der Waals surface area contributed by atoms with Gasteiger partial charge in [-0.3, -0.25) is 4.90 Å². The SMILES string of the molecule is CC1CCCN(CCOc2ccc(C#N)cc2)C1. The molecule has 0 saturated carbocycles. The van der Waals surface area contributed by atoms with E-state index in [-0.39, 0.29) is 0 Å². The number of piperidine rings is 1. The first-order valence-corrected chi connectivity index (χ1v) is 6.63. The number of hydrogen-bond acceptors (Lipinski definition) is 3. The highest BCUT2D eigenvalue weighted by molar-refractivity contribution is 5.34. The van der Waals surface area contributed by atoms with E-state index in [1.54, 1.807) is 12.1 Å². The number of rotatable bonds is 4. The van der Waals surface area contributed by atoms with Gasteiger partial charge in [-0.05, 0) is 49.6 Å². The second-order valence-corrected chi connectivity index (χ2v) is 5.03. The lowest BCUT2D eigenvalue weighted by Crippen LogP contribution is -2.37. The highest BCUT2D eigenvalue weighted by atomic mass is 16.5. The van der Waals surface area contributed by atoms with E-state index in [9.17, 15) is 0 Å². The molecule has 0 spiro atoms. The molecule has 1 atom stereocenters. The molecule has 3 heteroatoms. The van der Waals surface area contributed by atoms with Crippen LogP contribution in [0.15, 0.2) is 24.3 Å². The molecule has 1 heterocycles. The molecule has 2 rings (SSSR count). The van der Waals surface area contributed by atoms with Crippen LogP contribution in [0.2, 0.25) is 0 Å². The van der Waals surface area contributed by atoms with Gasteiger partial charge in [-0.15, -0.1) is 0 Å². The van der Waals surface area contributed by atoms with E-state index in [1.807, 2.05) is 12.1 Å². The predicted molar refractivity (Wildman–Crippen MR) is 71.5 cm³/mol. The first-order valence-electron chi connectivity index (χ1n) is 6.63. The van der Waals surface area contributed by atoms with Gasteiger partial charge in [-0.1, -0.05) is 6.92 Å². The Hall–Kier alpha value is -1.53. The zero-order valence-corrected chi connectivity index (χ0v) is 10.9. The monoisotopic (exact) mass is 244 g/mol. The summed E-state index contributed by atoms with van der Waals surface area (Å²) in [6.07, 6.45) is 2.66. The molecule has 0 bridgehead atoms. The summed E-state index contributed by atoms with van der Waals surface area (Å²) < 4.78 is 5.69. The van der Waals surface area contributed by atoms with Crippen molar-refractivity contribution in [2.24, 2.45) is 5.92 Å². The maximum atomic E-state index is 8.70. The van der Waals surface area contributed by atoms with Crippen molar-refractivity contribution >= 4 is 0 Å². The van der Waals surface area contributed by atoms with Gasteiger partial charge in [0.25, 0.3) is 0 Å². The van der Waals surface area contributed by atoms with Crippen LogP contribution in [0.3, 0.4) is 0 Å². The van der Waals surface area contributed by atoms with Crippen molar-refractivity contribution in [3.8, 4) is 11.8 Å². The van der Waals surface area contributed by atoms with E-state index in [4.69, 9.17) is 10.00 Å². The summed E-state index contributed by atoms with van der Waals surface area (Å²) in [5, 5.41) is 8.70. The first kappa shape index (κ1) is 12.9. The van der Waals surface area contributed by atoms with Crippen molar-refractivity contribution in [2.75, 3.05) is 26.2 Å². The Morgan fingerprint density at radius 2 is 2.17 bits per heavy atom. The summed E-state index contributed by atoms with van der Waals surface area (Å²) in [5.74, 6) is 1.66. The van der Waals surface area contributed by atoms with Gasteiger partial charge in [0.2, 0.25) is 0 Å². The molecule has 1 aliphatic rings. The van der Waals surface area contributed by atoms with Gasteiger partial charge >= 0.3 is 0 Å². The molecule has 0 N–H and O–H groups in total. The third kappa shape index (κ3) is 3.75. The lowest BCUT2D eigenvalue weighted by Gasteiger charge is -2.30. The molecule has 1 fully saturated rings. The Morgan fingerprint density at radius 1 is 1.39 bits per heavy atom. The van der Waals surface area contributed by atoms with Gasteiger partial charge in [-0.25, -0.2) is 0 Å². The minimum absolute atomic E-state index is 0.673. The molecule has 0 radical (unpaired) electrons. The van der Waals surface area contributed by atoms with Crippen LogP contribution in [-0.4, -0.2) is 31.1 Å². The lowest BCUT2D eigenvalue weighted by atomic mass is 10.0. The maximum absolute atomic E-state index is 8.70. The normalized spacial score (nSPS) is 20.3. The Morgan fingerprint density at radius 3 is 2.83 bits per heavy atom. The molecule has 1 aliphatic heterocycles. The predicted octanol–water partition coefficient (Wildman–Crippen LogP) is 2.67. The number of benzene rings is 1. The first-order chi connectivity index (χ1) is 8.78. The number of nitrogens with zero attached hydrogens (tertiary/aromatic N) is 2. The standard InChI is InChI=1S/C15H20N2O/c1-13-3-2-8-17(12-13)9-10-18-15-6-4-14(11-16)5-7-15/h4-7,13H,2-3,8-10,12H2,1H3. The van der Waals surface area contributed by atoms with Gasteiger partial charge in [0.15, 0.2) is 0 Å². The van der Waals surface area contributed by atoms with E-state index in [0.29, 0.717) is 5.56 Å². The van der Waals surface area contributed by atoms with E-state index >= 15 is 0 Å². The summed E-state index contributed by atoms with van der Waals surface area (Å²) >= 11 is 0. The highest BCUT2D eigenvalue weighted by Gasteiger charge is 2.15. The Kier molecular flexibility index (Phi) is 4.60. The minimum Gasteiger partial charge on any atom is -0.492 e. The average molecular weight is 244 g/mol. The second-order valence-electron chi connectivity index (χ2n) is 5.03. The number of hydrogen-bond donors (Lipinski definition) is 0. The van der Waals surface area contributed by atoms with Crippen LogP contribution < -0.4 is 4.74 Å². The van der Waals surface area contributed by atoms with Gasteiger partial charge in [0.1, 0.15) is 12.4 Å². The van der Waals surface area contributed by atoms with Crippen molar-refractivity contribution in [1.82, 2.24) is 4.90 Å². The van der Waals surface area contributed by atoms with Crippen LogP contribution in [0.25, 0.3) is 0 Å². The van der Waals surface area contributed by atoms with Crippen molar-refractivity contribution in [1.29, 1.82) is 5.26 Å². The van der Waals surface area contributed by atoms with Crippen LogP contribution in [0.4, 0.5) is 0 Å². The number of likely N-dealkylation sites (tertiary alicyclic amines) is 1. The van der Waals surface area contributed by atoms with Gasteiger partial charge in [0, 0.05) is 13.1 Å².